The molecule has 1 aliphatic rings. The molecular formula is C33H34IN3O. The predicted octanol–water partition coefficient (Wildman–Crippen LogP) is 7.39. The van der Waals surface area contributed by atoms with Crippen molar-refractivity contribution in [3.8, 4) is 0 Å². The van der Waals surface area contributed by atoms with Crippen molar-refractivity contribution in [3.63, 3.8) is 0 Å². The summed E-state index contributed by atoms with van der Waals surface area (Å²) in [6.07, 6.45) is 3.18. The molecule has 5 rings (SSSR count). The molecule has 1 heterocycles. The molecule has 0 N–H and O–H groups in total. The highest BCUT2D eigenvalue weighted by Crippen LogP contribution is 2.42. The number of anilines is 2. The predicted molar refractivity (Wildman–Crippen MR) is 165 cm³/mol. The number of carbonyl (C=O) groups excluding carboxylic acids is 1. The van der Waals surface area contributed by atoms with Gasteiger partial charge in [0.05, 0.1) is 0 Å². The lowest BCUT2D eigenvalue weighted by molar-refractivity contribution is -0.121. The molecule has 0 radical (unpaired) electrons. The number of nitrogens with zero attached hydrogens (tertiary/aromatic N) is 3. The first-order valence-electron chi connectivity index (χ1n) is 13.1. The Morgan fingerprint density at radius 2 is 1.39 bits per heavy atom. The molecule has 1 aliphatic carbocycles. The molecule has 5 heteroatoms. The molecule has 1 amide bonds. The van der Waals surface area contributed by atoms with Crippen LogP contribution in [0.3, 0.4) is 0 Å². The van der Waals surface area contributed by atoms with Gasteiger partial charge in [0.1, 0.15) is 9.24 Å². The molecule has 38 heavy (non-hydrogen) atoms. The van der Waals surface area contributed by atoms with Gasteiger partial charge in [0.2, 0.25) is 5.91 Å². The molecule has 1 atom stereocenters. The molecule has 0 saturated heterocycles. The Hall–Kier alpha value is -3.19. The fourth-order valence-electron chi connectivity index (χ4n) is 5.25. The van der Waals surface area contributed by atoms with E-state index in [9.17, 15) is 4.79 Å². The van der Waals surface area contributed by atoms with E-state index in [0.29, 0.717) is 12.2 Å². The van der Waals surface area contributed by atoms with E-state index in [2.05, 4.69) is 132 Å². The largest absolute Gasteiger partial charge is 0.363 e. The van der Waals surface area contributed by atoms with Crippen molar-refractivity contribution in [2.45, 2.75) is 55.7 Å². The van der Waals surface area contributed by atoms with Gasteiger partial charge in [0.25, 0.3) is 0 Å². The smallest absolute Gasteiger partial charge is 0.245 e. The van der Waals surface area contributed by atoms with Crippen LogP contribution in [0.25, 0.3) is 0 Å². The van der Waals surface area contributed by atoms with E-state index in [1.165, 1.54) is 27.9 Å². The summed E-state index contributed by atoms with van der Waals surface area (Å²) in [4.78, 5) is 23.0. The zero-order chi connectivity index (χ0) is 26.8. The third-order valence-corrected chi connectivity index (χ3v) is 8.29. The Morgan fingerprint density at radius 3 is 1.95 bits per heavy atom. The summed E-state index contributed by atoms with van der Waals surface area (Å²) in [7, 11) is 0. The molecule has 0 aliphatic heterocycles. The number of hydrogen-bond acceptors (Lipinski definition) is 3. The average Bonchev–Trinajstić information content (AvgIpc) is 3.26. The van der Waals surface area contributed by atoms with Gasteiger partial charge in [-0.15, -0.1) is 0 Å². The highest BCUT2D eigenvalue weighted by molar-refractivity contribution is 14.1. The Labute approximate surface area is 239 Å². The molecule has 4 aromatic rings. The van der Waals surface area contributed by atoms with E-state index in [4.69, 9.17) is 0 Å². The summed E-state index contributed by atoms with van der Waals surface area (Å²) < 4.78 is -0.548. The number of fused-ring (bicyclic) bond motifs is 1. The third kappa shape index (κ3) is 5.78. The number of amides is 1. The highest BCUT2D eigenvalue weighted by Gasteiger charge is 2.47. The minimum Gasteiger partial charge on any atom is -0.363 e. The van der Waals surface area contributed by atoms with Gasteiger partial charge in [0.15, 0.2) is 0 Å². The first-order chi connectivity index (χ1) is 18.2. The van der Waals surface area contributed by atoms with Crippen molar-refractivity contribution < 1.29 is 4.79 Å². The molecule has 1 aromatic heterocycles. The fraction of sp³-hybridized carbons (Fsp3) is 0.273. The summed E-state index contributed by atoms with van der Waals surface area (Å²) >= 11 is 2.40. The summed E-state index contributed by atoms with van der Waals surface area (Å²) in [5.41, 5.74) is 5.86. The fourth-order valence-corrected chi connectivity index (χ4v) is 6.31. The van der Waals surface area contributed by atoms with Gasteiger partial charge >= 0.3 is 0 Å². The lowest BCUT2D eigenvalue weighted by Crippen LogP contribution is -2.54. The molecule has 194 valence electrons. The minimum atomic E-state index is -0.548. The molecule has 0 saturated carbocycles. The number of hydrogen-bond donors (Lipinski definition) is 0. The molecule has 0 bridgehead atoms. The van der Waals surface area contributed by atoms with Crippen LogP contribution >= 0.6 is 22.6 Å². The van der Waals surface area contributed by atoms with E-state index in [1.807, 2.05) is 23.1 Å². The van der Waals surface area contributed by atoms with E-state index >= 15 is 0 Å². The van der Waals surface area contributed by atoms with Gasteiger partial charge in [-0.05, 0) is 80.1 Å². The zero-order valence-corrected chi connectivity index (χ0v) is 24.4. The van der Waals surface area contributed by atoms with Gasteiger partial charge in [-0.25, -0.2) is 4.98 Å². The number of aromatic nitrogens is 1. The lowest BCUT2D eigenvalue weighted by atomic mass is 9.98. The van der Waals surface area contributed by atoms with Crippen LogP contribution in [0.1, 0.15) is 43.0 Å². The SMILES string of the molecule is CC(C)(C)N(C(=O)[C@]1(I)Cc2ccc(N(Cc3ccccc3)Cc3ccccc3)cc2C1)c1ccccn1. The van der Waals surface area contributed by atoms with Crippen molar-refractivity contribution in [3.05, 3.63) is 126 Å². The van der Waals surface area contributed by atoms with Crippen molar-refractivity contribution >= 4 is 40.0 Å². The zero-order valence-electron chi connectivity index (χ0n) is 22.3. The van der Waals surface area contributed by atoms with Crippen molar-refractivity contribution in [2.24, 2.45) is 0 Å². The van der Waals surface area contributed by atoms with Crippen LogP contribution in [0, 0.1) is 0 Å². The van der Waals surface area contributed by atoms with Gasteiger partial charge in [0, 0.05) is 30.5 Å². The van der Waals surface area contributed by atoms with Crippen LogP contribution in [-0.2, 0) is 30.7 Å². The van der Waals surface area contributed by atoms with Crippen LogP contribution < -0.4 is 9.80 Å². The van der Waals surface area contributed by atoms with Gasteiger partial charge < -0.3 is 4.90 Å². The van der Waals surface area contributed by atoms with Crippen molar-refractivity contribution in [1.29, 1.82) is 0 Å². The third-order valence-electron chi connectivity index (χ3n) is 7.06. The Kier molecular flexibility index (Phi) is 7.57. The highest BCUT2D eigenvalue weighted by atomic mass is 127. The maximum Gasteiger partial charge on any atom is 0.245 e. The second kappa shape index (κ2) is 10.9. The van der Waals surface area contributed by atoms with Crippen LogP contribution in [0.2, 0.25) is 0 Å². The normalized spacial score (nSPS) is 16.6. The summed E-state index contributed by atoms with van der Waals surface area (Å²) in [5, 5.41) is 0. The van der Waals surface area contributed by atoms with Gasteiger partial charge in [-0.2, -0.15) is 0 Å². The molecular weight excluding hydrogens is 581 g/mol. The molecule has 4 nitrogen and oxygen atoms in total. The lowest BCUT2D eigenvalue weighted by Gasteiger charge is -2.39. The maximum absolute atomic E-state index is 14.2. The van der Waals surface area contributed by atoms with E-state index in [1.54, 1.807) is 6.20 Å². The quantitative estimate of drug-likeness (QED) is 0.161. The van der Waals surface area contributed by atoms with E-state index in [0.717, 1.165) is 19.5 Å². The first kappa shape index (κ1) is 26.4. The number of rotatable bonds is 7. The maximum atomic E-state index is 14.2. The standard InChI is InChI=1S/C33H34IN3O/c1-32(2,3)37(30-16-10-11-19-35-30)31(38)33(34)21-27-17-18-29(20-28(27)22-33)36(23-25-12-6-4-7-13-25)24-26-14-8-5-9-15-26/h4-20H,21-24H2,1-3H3/t33-/m0/s1. The summed E-state index contributed by atoms with van der Waals surface area (Å²) in [6.45, 7) is 7.86. The molecule has 0 spiro atoms. The number of halogens is 1. The van der Waals surface area contributed by atoms with Crippen LogP contribution in [0.4, 0.5) is 11.5 Å². The van der Waals surface area contributed by atoms with E-state index < -0.39 is 3.42 Å². The average molecular weight is 616 g/mol. The van der Waals surface area contributed by atoms with Crippen LogP contribution in [-0.4, -0.2) is 19.9 Å². The van der Waals surface area contributed by atoms with Crippen molar-refractivity contribution in [1.82, 2.24) is 4.98 Å². The van der Waals surface area contributed by atoms with Crippen LogP contribution in [0.5, 0.6) is 0 Å². The Bertz CT molecular complexity index is 1340. The van der Waals surface area contributed by atoms with E-state index in [-0.39, 0.29) is 11.4 Å². The van der Waals surface area contributed by atoms with Crippen LogP contribution in [0.15, 0.2) is 103 Å². The number of carbonyl (C=O) groups is 1. The number of benzene rings is 3. The number of pyridine rings is 1. The Balaban J connectivity index is 1.44. The Morgan fingerprint density at radius 1 is 0.816 bits per heavy atom. The monoisotopic (exact) mass is 615 g/mol. The minimum absolute atomic E-state index is 0.118. The molecule has 0 fully saturated rings. The number of alkyl halides is 1. The summed E-state index contributed by atoms with van der Waals surface area (Å²) in [5.74, 6) is 0.821. The first-order valence-corrected chi connectivity index (χ1v) is 14.2. The molecule has 3 aromatic carbocycles. The summed E-state index contributed by atoms with van der Waals surface area (Å²) in [6, 6.07) is 33.7. The van der Waals surface area contributed by atoms with Crippen molar-refractivity contribution in [2.75, 3.05) is 9.80 Å². The second-order valence-electron chi connectivity index (χ2n) is 11.1. The van der Waals surface area contributed by atoms with Gasteiger partial charge in [-0.1, -0.05) is 95.4 Å². The molecule has 0 unspecified atom stereocenters. The second-order valence-corrected chi connectivity index (χ2v) is 13.2. The van der Waals surface area contributed by atoms with Gasteiger partial charge in [-0.3, -0.25) is 9.69 Å². The topological polar surface area (TPSA) is 36.4 Å².